The maximum absolute atomic E-state index is 12.1. The molecule has 0 saturated heterocycles. The molecule has 2 aromatic heterocycles. The van der Waals surface area contributed by atoms with Crippen LogP contribution in [0.4, 0.5) is 0 Å². The summed E-state index contributed by atoms with van der Waals surface area (Å²) in [6.07, 6.45) is 1.47. The number of hydrogen-bond donors (Lipinski definition) is 0. The molecule has 1 aromatic carbocycles. The summed E-state index contributed by atoms with van der Waals surface area (Å²) >= 11 is 0. The molecular weight excluding hydrogens is 316 g/mol. The Bertz CT molecular complexity index is 952. The average molecular weight is 332 g/mol. The second-order valence-electron chi connectivity index (χ2n) is 5.63. The van der Waals surface area contributed by atoms with Crippen LogP contribution in [0.25, 0.3) is 5.82 Å². The molecule has 0 aliphatic rings. The first kappa shape index (κ1) is 16.4. The summed E-state index contributed by atoms with van der Waals surface area (Å²) in [5.41, 5.74) is 3.53. The number of nitriles is 1. The predicted molar refractivity (Wildman–Crippen MR) is 91.1 cm³/mol. The number of pyridine rings is 1. The first-order valence-electron chi connectivity index (χ1n) is 7.72. The third kappa shape index (κ3) is 3.72. The maximum atomic E-state index is 12.1. The Labute approximate surface area is 145 Å². The molecule has 0 radical (unpaired) electrons. The molecule has 3 rings (SSSR count). The van der Waals surface area contributed by atoms with Crippen molar-refractivity contribution in [3.63, 3.8) is 0 Å². The Balaban J connectivity index is 1.68. The minimum atomic E-state index is -0.463. The molecule has 0 aliphatic heterocycles. The Morgan fingerprint density at radius 1 is 1.24 bits per heavy atom. The quantitative estimate of drug-likeness (QED) is 0.686. The molecule has 0 aliphatic carbocycles. The molecule has 6 nitrogen and oxygen atoms in total. The lowest BCUT2D eigenvalue weighted by Crippen LogP contribution is -2.08. The van der Waals surface area contributed by atoms with Gasteiger partial charge in [0.25, 0.3) is 0 Å². The van der Waals surface area contributed by atoms with Crippen molar-refractivity contribution in [1.82, 2.24) is 14.8 Å². The van der Waals surface area contributed by atoms with Crippen molar-refractivity contribution in [1.29, 1.82) is 5.26 Å². The number of rotatable bonds is 4. The number of aryl methyl sites for hydroxylation is 2. The number of benzene rings is 1. The summed E-state index contributed by atoms with van der Waals surface area (Å²) in [6.45, 7) is 3.96. The smallest absolute Gasteiger partial charge is 0.340 e. The van der Waals surface area contributed by atoms with Gasteiger partial charge in [-0.1, -0.05) is 12.1 Å². The lowest BCUT2D eigenvalue weighted by atomic mass is 10.1. The highest BCUT2D eigenvalue weighted by molar-refractivity contribution is 5.89. The van der Waals surface area contributed by atoms with E-state index in [4.69, 9.17) is 10.00 Å². The van der Waals surface area contributed by atoms with Crippen molar-refractivity contribution in [2.24, 2.45) is 0 Å². The highest BCUT2D eigenvalue weighted by Gasteiger charge is 2.10. The van der Waals surface area contributed by atoms with Crippen LogP contribution in [0.2, 0.25) is 0 Å². The Morgan fingerprint density at radius 2 is 2.08 bits per heavy atom. The van der Waals surface area contributed by atoms with Gasteiger partial charge >= 0.3 is 5.97 Å². The predicted octanol–water partition coefficient (Wildman–Crippen LogP) is 3.11. The molecule has 3 aromatic rings. The zero-order chi connectivity index (χ0) is 17.8. The summed E-state index contributed by atoms with van der Waals surface area (Å²) in [5, 5.41) is 13.2. The second kappa shape index (κ2) is 6.97. The van der Waals surface area contributed by atoms with E-state index in [0.717, 1.165) is 17.0 Å². The van der Waals surface area contributed by atoms with Gasteiger partial charge in [-0.2, -0.15) is 10.4 Å². The molecular formula is C19H16N4O2. The van der Waals surface area contributed by atoms with Crippen molar-refractivity contribution in [2.45, 2.75) is 20.5 Å². The highest BCUT2D eigenvalue weighted by atomic mass is 16.5. The van der Waals surface area contributed by atoms with Gasteiger partial charge in [0.2, 0.25) is 0 Å². The third-order valence-electron chi connectivity index (χ3n) is 3.64. The summed E-state index contributed by atoms with van der Waals surface area (Å²) < 4.78 is 7.00. The van der Waals surface area contributed by atoms with E-state index in [1.807, 2.05) is 19.9 Å². The number of aromatic nitrogens is 3. The minimum Gasteiger partial charge on any atom is -0.457 e. The van der Waals surface area contributed by atoms with E-state index in [1.54, 1.807) is 41.1 Å². The first-order chi connectivity index (χ1) is 12.1. The molecule has 0 fully saturated rings. The number of esters is 1. The Hall–Kier alpha value is -3.46. The second-order valence-corrected chi connectivity index (χ2v) is 5.63. The van der Waals surface area contributed by atoms with Gasteiger partial charge in [-0.25, -0.2) is 14.5 Å². The molecule has 0 amide bonds. The Kier molecular flexibility index (Phi) is 4.57. The summed E-state index contributed by atoms with van der Waals surface area (Å²) in [6, 6.07) is 14.4. The molecule has 0 spiro atoms. The van der Waals surface area contributed by atoms with E-state index in [2.05, 4.69) is 16.2 Å². The van der Waals surface area contributed by atoms with Crippen LogP contribution >= 0.6 is 0 Å². The van der Waals surface area contributed by atoms with Crippen LogP contribution in [-0.4, -0.2) is 20.7 Å². The van der Waals surface area contributed by atoms with Crippen LogP contribution in [0.3, 0.4) is 0 Å². The third-order valence-corrected chi connectivity index (χ3v) is 3.64. The normalized spacial score (nSPS) is 10.3. The van der Waals surface area contributed by atoms with E-state index in [1.165, 1.54) is 6.20 Å². The van der Waals surface area contributed by atoms with Gasteiger partial charge in [-0.3, -0.25) is 0 Å². The SMILES string of the molecule is Cc1cc(C)n(-c2ccc(C(=O)OCc3cccc(C#N)c3)cn2)n1. The average Bonchev–Trinajstić information content (AvgIpc) is 2.98. The largest absolute Gasteiger partial charge is 0.457 e. The van der Waals surface area contributed by atoms with Crippen LogP contribution in [0.15, 0.2) is 48.7 Å². The van der Waals surface area contributed by atoms with Crippen molar-refractivity contribution in [2.75, 3.05) is 0 Å². The molecule has 124 valence electrons. The molecule has 0 atom stereocenters. The fourth-order valence-electron chi connectivity index (χ4n) is 2.46. The van der Waals surface area contributed by atoms with Crippen molar-refractivity contribution < 1.29 is 9.53 Å². The lowest BCUT2D eigenvalue weighted by Gasteiger charge is -2.07. The van der Waals surface area contributed by atoms with Gasteiger partial charge < -0.3 is 4.74 Å². The van der Waals surface area contributed by atoms with Crippen LogP contribution in [-0.2, 0) is 11.3 Å². The number of carbonyl (C=O) groups is 1. The van der Waals surface area contributed by atoms with Crippen molar-refractivity contribution in [3.8, 4) is 11.9 Å². The molecule has 0 saturated carbocycles. The number of nitrogens with zero attached hydrogens (tertiary/aromatic N) is 4. The monoisotopic (exact) mass is 332 g/mol. The van der Waals surface area contributed by atoms with Crippen LogP contribution in [0.5, 0.6) is 0 Å². The van der Waals surface area contributed by atoms with Gasteiger partial charge in [0.15, 0.2) is 5.82 Å². The van der Waals surface area contributed by atoms with Crippen molar-refractivity contribution >= 4 is 5.97 Å². The number of carbonyl (C=O) groups excluding carboxylic acids is 1. The number of hydrogen-bond acceptors (Lipinski definition) is 5. The van der Waals surface area contributed by atoms with Gasteiger partial charge in [-0.15, -0.1) is 0 Å². The zero-order valence-electron chi connectivity index (χ0n) is 13.9. The van der Waals surface area contributed by atoms with Crippen LogP contribution in [0, 0.1) is 25.2 Å². The fraction of sp³-hybridized carbons (Fsp3) is 0.158. The molecule has 6 heteroatoms. The van der Waals surface area contributed by atoms with Gasteiger partial charge in [0.1, 0.15) is 6.61 Å². The standard InChI is InChI=1S/C19H16N4O2/c1-13-8-14(2)23(22-13)18-7-6-17(11-21-18)19(24)25-12-16-5-3-4-15(9-16)10-20/h3-9,11H,12H2,1-2H3. The summed E-state index contributed by atoms with van der Waals surface area (Å²) in [4.78, 5) is 16.4. The molecule has 0 N–H and O–H groups in total. The zero-order valence-corrected chi connectivity index (χ0v) is 13.9. The van der Waals surface area contributed by atoms with Gasteiger partial charge in [0, 0.05) is 11.9 Å². The van der Waals surface area contributed by atoms with E-state index in [-0.39, 0.29) is 6.61 Å². The summed E-state index contributed by atoms with van der Waals surface area (Å²) in [7, 11) is 0. The van der Waals surface area contributed by atoms with Crippen molar-refractivity contribution in [3.05, 3.63) is 76.7 Å². The van der Waals surface area contributed by atoms with Crippen LogP contribution < -0.4 is 0 Å². The van der Waals surface area contributed by atoms with E-state index in [0.29, 0.717) is 16.9 Å². The van der Waals surface area contributed by atoms with E-state index in [9.17, 15) is 4.79 Å². The molecule has 25 heavy (non-hydrogen) atoms. The van der Waals surface area contributed by atoms with Gasteiger partial charge in [0.05, 0.1) is 22.9 Å². The fourth-order valence-corrected chi connectivity index (χ4v) is 2.46. The molecule has 0 bridgehead atoms. The maximum Gasteiger partial charge on any atom is 0.340 e. The van der Waals surface area contributed by atoms with Crippen LogP contribution in [0.1, 0.15) is 32.9 Å². The number of ether oxygens (including phenoxy) is 1. The first-order valence-corrected chi connectivity index (χ1v) is 7.72. The lowest BCUT2D eigenvalue weighted by molar-refractivity contribution is 0.0472. The summed E-state index contributed by atoms with van der Waals surface area (Å²) in [5.74, 6) is 0.179. The topological polar surface area (TPSA) is 80.8 Å². The molecule has 2 heterocycles. The minimum absolute atomic E-state index is 0.105. The van der Waals surface area contributed by atoms with E-state index < -0.39 is 5.97 Å². The van der Waals surface area contributed by atoms with Gasteiger partial charge in [-0.05, 0) is 49.7 Å². The van der Waals surface area contributed by atoms with E-state index >= 15 is 0 Å². The molecule has 0 unspecified atom stereocenters. The Morgan fingerprint density at radius 3 is 2.72 bits per heavy atom. The highest BCUT2D eigenvalue weighted by Crippen LogP contribution is 2.12.